The number of carbonyl (C=O) groups is 1. The van der Waals surface area contributed by atoms with Crippen molar-refractivity contribution in [1.29, 1.82) is 0 Å². The number of urea groups is 1. The molecule has 0 aromatic carbocycles. The first kappa shape index (κ1) is 20.7. The van der Waals surface area contributed by atoms with Gasteiger partial charge in [0.2, 0.25) is 0 Å². The molecule has 10 heteroatoms. The maximum absolute atomic E-state index is 12.5. The Kier molecular flexibility index (Phi) is 5.46. The molecule has 0 aliphatic carbocycles. The van der Waals surface area contributed by atoms with Gasteiger partial charge in [0.25, 0.3) is 0 Å². The fourth-order valence-electron chi connectivity index (χ4n) is 2.97. The van der Waals surface area contributed by atoms with Crippen LogP contribution in [0.4, 0.5) is 9.93 Å². The van der Waals surface area contributed by atoms with E-state index in [0.29, 0.717) is 18.1 Å². The normalized spacial score (nSPS) is 17.8. The van der Waals surface area contributed by atoms with Crippen molar-refractivity contribution in [3.63, 3.8) is 0 Å². The van der Waals surface area contributed by atoms with Crippen LogP contribution in [0.5, 0.6) is 0 Å². The highest BCUT2D eigenvalue weighted by molar-refractivity contribution is 7.91. The molecule has 0 radical (unpaired) electrons. The highest BCUT2D eigenvalue weighted by Crippen LogP contribution is 2.32. The number of nitrogens with one attached hydrogen (secondary N) is 1. The van der Waals surface area contributed by atoms with Gasteiger partial charge in [-0.25, -0.2) is 28.2 Å². The Bertz CT molecular complexity index is 995. The molecule has 2 aromatic rings. The monoisotopic (exact) mass is 423 g/mol. The number of amides is 2. The van der Waals surface area contributed by atoms with Crippen molar-refractivity contribution in [3.05, 3.63) is 23.8 Å². The molecule has 1 saturated heterocycles. The molecule has 1 atom stereocenters. The largest absolute Gasteiger partial charge is 0.323 e. The summed E-state index contributed by atoms with van der Waals surface area (Å²) in [7, 11) is -3.15. The Labute approximate surface area is 169 Å². The van der Waals surface area contributed by atoms with Crippen molar-refractivity contribution in [2.24, 2.45) is 0 Å². The predicted molar refractivity (Wildman–Crippen MR) is 110 cm³/mol. The van der Waals surface area contributed by atoms with Crippen molar-refractivity contribution in [2.45, 2.75) is 44.8 Å². The van der Waals surface area contributed by atoms with Crippen molar-refractivity contribution >= 4 is 32.3 Å². The Morgan fingerprint density at radius 3 is 2.64 bits per heavy atom. The molecule has 2 aromatic heterocycles. The molecule has 0 spiro atoms. The van der Waals surface area contributed by atoms with Gasteiger partial charge in [-0.05, 0) is 19.4 Å². The van der Waals surface area contributed by atoms with E-state index in [2.05, 4.69) is 41.0 Å². The smallest absolute Gasteiger partial charge is 0.323 e. The van der Waals surface area contributed by atoms with Crippen LogP contribution < -0.4 is 5.32 Å². The summed E-state index contributed by atoms with van der Waals surface area (Å²) >= 11 is 1.35. The van der Waals surface area contributed by atoms with Gasteiger partial charge in [-0.2, -0.15) is 0 Å². The van der Waals surface area contributed by atoms with Crippen molar-refractivity contribution in [3.8, 4) is 10.6 Å². The summed E-state index contributed by atoms with van der Waals surface area (Å²) in [5.41, 5.74) is 1.38. The van der Waals surface area contributed by atoms with Gasteiger partial charge in [0.05, 0.1) is 21.5 Å². The van der Waals surface area contributed by atoms with Gasteiger partial charge in [-0.15, -0.1) is 0 Å². The summed E-state index contributed by atoms with van der Waals surface area (Å²) < 4.78 is 23.4. The van der Waals surface area contributed by atoms with Gasteiger partial charge < -0.3 is 4.90 Å². The highest BCUT2D eigenvalue weighted by Gasteiger charge is 2.33. The van der Waals surface area contributed by atoms with E-state index in [9.17, 15) is 13.2 Å². The quantitative estimate of drug-likeness (QED) is 0.814. The summed E-state index contributed by atoms with van der Waals surface area (Å²) in [6, 6.07) is 1.50. The van der Waals surface area contributed by atoms with E-state index in [-0.39, 0.29) is 18.0 Å². The van der Waals surface area contributed by atoms with E-state index in [1.807, 2.05) is 13.0 Å². The van der Waals surface area contributed by atoms with E-state index in [4.69, 9.17) is 0 Å². The van der Waals surface area contributed by atoms with Crippen LogP contribution in [0.25, 0.3) is 10.6 Å². The molecule has 0 bridgehead atoms. The lowest BCUT2D eigenvalue weighted by molar-refractivity contribution is 0.222. The zero-order chi connectivity index (χ0) is 20.7. The molecule has 1 unspecified atom stereocenters. The topological polar surface area (TPSA) is 105 Å². The minimum absolute atomic E-state index is 0.169. The number of sulfone groups is 1. The third-order valence-corrected chi connectivity index (χ3v) is 7.30. The summed E-state index contributed by atoms with van der Waals surface area (Å²) in [5.74, 6) is 0.743. The summed E-state index contributed by atoms with van der Waals surface area (Å²) in [4.78, 5) is 28.3. The highest BCUT2D eigenvalue weighted by atomic mass is 32.2. The minimum Gasteiger partial charge on any atom is -0.323 e. The fourth-order valence-corrected chi connectivity index (χ4v) is 4.88. The molecular formula is C18H25N5O3S2. The molecule has 1 fully saturated rings. The van der Waals surface area contributed by atoms with Crippen molar-refractivity contribution in [2.75, 3.05) is 24.7 Å². The molecular weight excluding hydrogens is 398 g/mol. The van der Waals surface area contributed by atoms with Crippen LogP contribution in [0.2, 0.25) is 0 Å². The van der Waals surface area contributed by atoms with Gasteiger partial charge >= 0.3 is 6.03 Å². The molecule has 28 heavy (non-hydrogen) atoms. The van der Waals surface area contributed by atoms with Crippen LogP contribution in [-0.4, -0.2) is 58.9 Å². The van der Waals surface area contributed by atoms with Crippen LogP contribution in [0.3, 0.4) is 0 Å². The Morgan fingerprint density at radius 1 is 1.32 bits per heavy atom. The van der Waals surface area contributed by atoms with Crippen molar-refractivity contribution < 1.29 is 13.2 Å². The lowest BCUT2D eigenvalue weighted by atomic mass is 9.95. The average molecular weight is 424 g/mol. The second kappa shape index (κ2) is 7.40. The van der Waals surface area contributed by atoms with Gasteiger partial charge in [0, 0.05) is 31.0 Å². The van der Waals surface area contributed by atoms with Crippen molar-refractivity contribution in [1.82, 2.24) is 19.9 Å². The second-order valence-electron chi connectivity index (χ2n) is 8.07. The maximum atomic E-state index is 12.5. The summed E-state index contributed by atoms with van der Waals surface area (Å²) in [5, 5.41) is 2.76. The first-order valence-corrected chi connectivity index (χ1v) is 11.8. The third-order valence-electron chi connectivity index (χ3n) is 4.61. The van der Waals surface area contributed by atoms with Crippen LogP contribution in [0.15, 0.2) is 12.3 Å². The Morgan fingerprint density at radius 2 is 2.04 bits per heavy atom. The SMILES string of the molecule is Cc1nc(NC(=O)N2CCC(S(C)(=O)=O)C2)sc1-c1ccnc(C(C)(C)C)n1. The van der Waals surface area contributed by atoms with E-state index in [1.54, 1.807) is 6.20 Å². The zero-order valence-corrected chi connectivity index (χ0v) is 18.3. The number of rotatable bonds is 3. The fraction of sp³-hybridized carbons (Fsp3) is 0.556. The number of hydrogen-bond acceptors (Lipinski definition) is 7. The maximum Gasteiger partial charge on any atom is 0.323 e. The van der Waals surface area contributed by atoms with Gasteiger partial charge in [-0.1, -0.05) is 32.1 Å². The number of thiazole rings is 1. The standard InChI is InChI=1S/C18H25N5O3S2/c1-11-14(13-6-8-19-15(21-13)18(2,3)4)27-16(20-11)22-17(24)23-9-7-12(10-23)28(5,25)26/h6,8,12H,7,9-10H2,1-5H3,(H,20,22,24). The van der Waals surface area contributed by atoms with E-state index in [0.717, 1.165) is 22.1 Å². The number of aryl methyl sites for hydroxylation is 1. The molecule has 2 amide bonds. The number of likely N-dealkylation sites (tertiary alicyclic amines) is 1. The minimum atomic E-state index is -3.15. The van der Waals surface area contributed by atoms with Crippen LogP contribution in [0.1, 0.15) is 38.7 Å². The first-order chi connectivity index (χ1) is 12.9. The van der Waals surface area contributed by atoms with Crippen LogP contribution in [-0.2, 0) is 15.3 Å². The van der Waals surface area contributed by atoms with E-state index < -0.39 is 15.1 Å². The molecule has 1 N–H and O–H groups in total. The predicted octanol–water partition coefficient (Wildman–Crippen LogP) is 2.86. The van der Waals surface area contributed by atoms with Crippen LogP contribution >= 0.6 is 11.3 Å². The first-order valence-electron chi connectivity index (χ1n) is 9.01. The van der Waals surface area contributed by atoms with E-state index >= 15 is 0 Å². The molecule has 0 saturated carbocycles. The lowest BCUT2D eigenvalue weighted by Crippen LogP contribution is -2.34. The number of aromatic nitrogens is 3. The van der Waals surface area contributed by atoms with Gasteiger partial charge in [0.15, 0.2) is 15.0 Å². The summed E-state index contributed by atoms with van der Waals surface area (Å²) in [6.45, 7) is 8.66. The molecule has 1 aliphatic heterocycles. The molecule has 8 nitrogen and oxygen atoms in total. The number of nitrogens with zero attached hydrogens (tertiary/aromatic N) is 4. The zero-order valence-electron chi connectivity index (χ0n) is 16.7. The lowest BCUT2D eigenvalue weighted by Gasteiger charge is -2.16. The average Bonchev–Trinajstić information content (AvgIpc) is 3.21. The molecule has 152 valence electrons. The third kappa shape index (κ3) is 4.49. The Balaban J connectivity index is 1.76. The van der Waals surface area contributed by atoms with Gasteiger partial charge in [-0.3, -0.25) is 5.32 Å². The summed E-state index contributed by atoms with van der Waals surface area (Å²) in [6.07, 6.45) is 3.41. The molecule has 3 rings (SSSR count). The van der Waals surface area contributed by atoms with Gasteiger partial charge in [0.1, 0.15) is 5.82 Å². The Hall–Kier alpha value is -2.07. The second-order valence-corrected chi connectivity index (χ2v) is 11.4. The number of hydrogen-bond donors (Lipinski definition) is 1. The molecule has 1 aliphatic rings. The number of anilines is 1. The van der Waals surface area contributed by atoms with E-state index in [1.165, 1.54) is 22.5 Å². The molecule has 3 heterocycles. The number of carbonyl (C=O) groups excluding carboxylic acids is 1. The van der Waals surface area contributed by atoms with Crippen LogP contribution in [0, 0.1) is 6.92 Å².